The van der Waals surface area contributed by atoms with Gasteiger partial charge in [0.25, 0.3) is 0 Å². The Morgan fingerprint density at radius 2 is 1.69 bits per heavy atom. The average Bonchev–Trinajstić information content (AvgIpc) is 3.29. The second-order valence-electron chi connectivity index (χ2n) is 8.75. The van der Waals surface area contributed by atoms with Gasteiger partial charge in [0.05, 0.1) is 12.3 Å². The van der Waals surface area contributed by atoms with E-state index in [0.717, 1.165) is 28.0 Å². The molecule has 1 atom stereocenters. The minimum atomic E-state index is -3.89. The molecule has 3 aromatic carbocycles. The monoisotopic (exact) mass is 507 g/mol. The molecule has 5 rings (SSSR count). The predicted molar refractivity (Wildman–Crippen MR) is 139 cm³/mol. The lowest BCUT2D eigenvalue weighted by Gasteiger charge is -2.29. The zero-order chi connectivity index (χ0) is 24.4. The van der Waals surface area contributed by atoms with E-state index >= 15 is 0 Å². The Morgan fingerprint density at radius 1 is 1.00 bits per heavy atom. The number of nitrogens with zero attached hydrogens (tertiary/aromatic N) is 3. The summed E-state index contributed by atoms with van der Waals surface area (Å²) in [4.78, 5) is 0. The van der Waals surface area contributed by atoms with Crippen LogP contribution in [0, 0.1) is 5.41 Å². The smallest absolute Gasteiger partial charge is 0.267 e. The van der Waals surface area contributed by atoms with Crippen molar-refractivity contribution in [3.63, 3.8) is 0 Å². The fourth-order valence-electron chi connectivity index (χ4n) is 4.55. The van der Waals surface area contributed by atoms with E-state index in [9.17, 15) is 8.42 Å². The molecule has 0 fully saturated rings. The molecule has 180 valence electrons. The molecule has 0 saturated heterocycles. The Hall–Kier alpha value is -3.20. The molecule has 2 aliphatic heterocycles. The molecule has 0 radical (unpaired) electrons. The third-order valence-corrected chi connectivity index (χ3v) is 8.12. The molecular formula is C26H26ClN5O2S. The number of hydrazone groups is 1. The van der Waals surface area contributed by atoms with Crippen LogP contribution in [0.1, 0.15) is 28.2 Å². The van der Waals surface area contributed by atoms with Crippen LogP contribution in [0.4, 0.5) is 0 Å². The van der Waals surface area contributed by atoms with Crippen molar-refractivity contribution in [3.8, 4) is 0 Å². The van der Waals surface area contributed by atoms with Gasteiger partial charge in [-0.1, -0.05) is 78.3 Å². The zero-order valence-electron chi connectivity index (χ0n) is 19.1. The van der Waals surface area contributed by atoms with Gasteiger partial charge in [0.1, 0.15) is 0 Å². The number of halogens is 1. The molecule has 2 heterocycles. The molecule has 0 amide bonds. The summed E-state index contributed by atoms with van der Waals surface area (Å²) in [7, 11) is -3.89. The van der Waals surface area contributed by atoms with E-state index in [1.807, 2.05) is 78.9 Å². The predicted octanol–water partition coefficient (Wildman–Crippen LogP) is 4.17. The molecule has 7 nitrogen and oxygen atoms in total. The number of fused-ring (bicyclic) bond motifs is 1. The van der Waals surface area contributed by atoms with Crippen molar-refractivity contribution >= 4 is 33.5 Å². The molecule has 9 heteroatoms. The average molecular weight is 508 g/mol. The lowest BCUT2D eigenvalue weighted by Crippen LogP contribution is -2.49. The van der Waals surface area contributed by atoms with E-state index in [0.29, 0.717) is 31.0 Å². The highest BCUT2D eigenvalue weighted by Gasteiger charge is 2.33. The van der Waals surface area contributed by atoms with Crippen molar-refractivity contribution in [3.05, 3.63) is 106 Å². The third kappa shape index (κ3) is 5.24. The highest BCUT2D eigenvalue weighted by molar-refractivity contribution is 7.87. The number of rotatable bonds is 5. The van der Waals surface area contributed by atoms with Gasteiger partial charge in [0.2, 0.25) is 5.96 Å². The summed E-state index contributed by atoms with van der Waals surface area (Å²) >= 11 is 6.04. The fraction of sp³-hybridized carbons (Fsp3) is 0.231. The molecular weight excluding hydrogens is 482 g/mol. The summed E-state index contributed by atoms with van der Waals surface area (Å²) < 4.78 is 30.0. The number of hydrogen-bond acceptors (Lipinski definition) is 4. The maximum absolute atomic E-state index is 13.1. The Morgan fingerprint density at radius 3 is 2.43 bits per heavy atom. The Balaban J connectivity index is 1.34. The first-order valence-electron chi connectivity index (χ1n) is 11.5. The zero-order valence-corrected chi connectivity index (χ0v) is 20.6. The van der Waals surface area contributed by atoms with Crippen molar-refractivity contribution in [1.82, 2.24) is 14.0 Å². The standard InChI is InChI=1S/C26H26ClN5O2S/c27-23-12-10-19(11-13-23)16-25-24(21-7-2-1-3-8-21)18-32(29-25)26(28)30-35(33,34)31-15-14-20-6-4-5-9-22(20)17-31/h1-13,24H,14-18H2,(H2,28,30). The van der Waals surface area contributed by atoms with Crippen LogP contribution in [-0.4, -0.2) is 42.5 Å². The van der Waals surface area contributed by atoms with Crippen LogP contribution in [-0.2, 0) is 29.6 Å². The molecule has 0 saturated carbocycles. The van der Waals surface area contributed by atoms with Gasteiger partial charge in [-0.05, 0) is 40.8 Å². The van der Waals surface area contributed by atoms with Crippen LogP contribution in [0.5, 0.6) is 0 Å². The molecule has 35 heavy (non-hydrogen) atoms. The van der Waals surface area contributed by atoms with Crippen molar-refractivity contribution in [2.45, 2.75) is 25.3 Å². The molecule has 1 unspecified atom stereocenters. The largest absolute Gasteiger partial charge is 0.304 e. The summed E-state index contributed by atoms with van der Waals surface area (Å²) in [5.74, 6) is -0.311. The highest BCUT2D eigenvalue weighted by atomic mass is 35.5. The minimum absolute atomic E-state index is 0.0569. The van der Waals surface area contributed by atoms with Gasteiger partial charge in [-0.2, -0.15) is 17.8 Å². The lowest BCUT2D eigenvalue weighted by molar-refractivity contribution is 0.384. The molecule has 0 aliphatic carbocycles. The van der Waals surface area contributed by atoms with E-state index in [1.54, 1.807) is 0 Å². The number of nitrogens with one attached hydrogen (secondary N) is 2. The topological polar surface area (TPSA) is 88.9 Å². The number of benzene rings is 3. The second kappa shape index (κ2) is 9.81. The van der Waals surface area contributed by atoms with Crippen LogP contribution >= 0.6 is 11.6 Å². The summed E-state index contributed by atoms with van der Waals surface area (Å²) in [6.07, 6.45) is 1.23. The first-order chi connectivity index (χ1) is 16.9. The Labute approximate surface area is 210 Å². The van der Waals surface area contributed by atoms with Crippen LogP contribution in [0.25, 0.3) is 0 Å². The van der Waals surface area contributed by atoms with Crippen LogP contribution < -0.4 is 4.72 Å². The SMILES string of the molecule is N=C(NS(=O)(=O)N1CCc2ccccc2C1)N1CC(c2ccccc2)C(Cc2ccc(Cl)cc2)=N1. The van der Waals surface area contributed by atoms with Crippen molar-refractivity contribution in [2.24, 2.45) is 5.10 Å². The van der Waals surface area contributed by atoms with E-state index in [-0.39, 0.29) is 18.4 Å². The van der Waals surface area contributed by atoms with Gasteiger partial charge < -0.3 is 0 Å². The Bertz CT molecular complexity index is 1360. The van der Waals surface area contributed by atoms with Gasteiger partial charge in [-0.25, -0.2) is 9.73 Å². The summed E-state index contributed by atoms with van der Waals surface area (Å²) in [6.45, 7) is 1.05. The van der Waals surface area contributed by atoms with Gasteiger partial charge in [0, 0.05) is 30.5 Å². The van der Waals surface area contributed by atoms with Crippen molar-refractivity contribution < 1.29 is 8.42 Å². The molecule has 3 aromatic rings. The van der Waals surface area contributed by atoms with E-state index < -0.39 is 10.2 Å². The van der Waals surface area contributed by atoms with E-state index in [1.165, 1.54) is 9.31 Å². The van der Waals surface area contributed by atoms with E-state index in [4.69, 9.17) is 17.0 Å². The fourth-order valence-corrected chi connectivity index (χ4v) is 5.80. The first-order valence-corrected chi connectivity index (χ1v) is 13.3. The molecule has 0 spiro atoms. The molecule has 2 N–H and O–H groups in total. The first kappa shape index (κ1) is 23.5. The highest BCUT2D eigenvalue weighted by Crippen LogP contribution is 2.28. The second-order valence-corrected chi connectivity index (χ2v) is 10.9. The van der Waals surface area contributed by atoms with Crippen LogP contribution in [0.3, 0.4) is 0 Å². The van der Waals surface area contributed by atoms with Gasteiger partial charge >= 0.3 is 10.2 Å². The molecule has 0 aromatic heterocycles. The number of hydrogen-bond donors (Lipinski definition) is 2. The maximum atomic E-state index is 13.1. The normalized spacial score (nSPS) is 18.1. The molecule has 2 aliphatic rings. The Kier molecular flexibility index (Phi) is 6.60. The lowest BCUT2D eigenvalue weighted by atomic mass is 9.91. The van der Waals surface area contributed by atoms with Gasteiger partial charge in [-0.3, -0.25) is 5.41 Å². The van der Waals surface area contributed by atoms with Gasteiger partial charge in [-0.15, -0.1) is 0 Å². The number of guanidine groups is 1. The van der Waals surface area contributed by atoms with E-state index in [2.05, 4.69) is 9.82 Å². The quantitative estimate of drug-likeness (QED) is 0.401. The minimum Gasteiger partial charge on any atom is -0.267 e. The third-order valence-electron chi connectivity index (χ3n) is 6.43. The van der Waals surface area contributed by atoms with Crippen molar-refractivity contribution in [1.29, 1.82) is 5.41 Å². The molecule has 0 bridgehead atoms. The summed E-state index contributed by atoms with van der Waals surface area (Å²) in [6, 6.07) is 25.4. The van der Waals surface area contributed by atoms with Gasteiger partial charge in [0.15, 0.2) is 0 Å². The summed E-state index contributed by atoms with van der Waals surface area (Å²) in [5, 5.41) is 15.3. The van der Waals surface area contributed by atoms with Crippen LogP contribution in [0.2, 0.25) is 5.02 Å². The summed E-state index contributed by atoms with van der Waals surface area (Å²) in [5.41, 5.74) is 5.15. The maximum Gasteiger partial charge on any atom is 0.304 e. The van der Waals surface area contributed by atoms with Crippen molar-refractivity contribution in [2.75, 3.05) is 13.1 Å². The van der Waals surface area contributed by atoms with Crippen LogP contribution in [0.15, 0.2) is 84.0 Å².